The normalized spacial score (nSPS) is 24.5. The summed E-state index contributed by atoms with van der Waals surface area (Å²) in [7, 11) is 2.14. The van der Waals surface area contributed by atoms with E-state index >= 15 is 0 Å². The standard InChI is InChI=1S/C13H19N5/c1-9-8-18(2)6-5-11(9)16-13-4-3-10(15)12(7-14)17-13/h3-4,9,11H,5-6,8,15H2,1-2H3,(H,16,17). The Hall–Kier alpha value is -1.80. The number of anilines is 2. The summed E-state index contributed by atoms with van der Waals surface area (Å²) >= 11 is 0. The molecule has 0 aromatic carbocycles. The van der Waals surface area contributed by atoms with Crippen molar-refractivity contribution in [3.8, 4) is 6.07 Å². The summed E-state index contributed by atoms with van der Waals surface area (Å²) in [4.78, 5) is 6.56. The minimum atomic E-state index is 0.292. The molecule has 2 heterocycles. The van der Waals surface area contributed by atoms with Crippen LogP contribution in [0, 0.1) is 17.2 Å². The van der Waals surface area contributed by atoms with Crippen LogP contribution < -0.4 is 11.1 Å². The zero-order valence-corrected chi connectivity index (χ0v) is 10.8. The van der Waals surface area contributed by atoms with Gasteiger partial charge in [-0.3, -0.25) is 0 Å². The average Bonchev–Trinajstić information content (AvgIpc) is 2.35. The lowest BCUT2D eigenvalue weighted by Gasteiger charge is -2.35. The zero-order valence-electron chi connectivity index (χ0n) is 10.8. The van der Waals surface area contributed by atoms with E-state index in [2.05, 4.69) is 29.2 Å². The Morgan fingerprint density at radius 2 is 2.33 bits per heavy atom. The van der Waals surface area contributed by atoms with Crippen molar-refractivity contribution in [3.05, 3.63) is 17.8 Å². The average molecular weight is 245 g/mol. The Labute approximate surface area is 108 Å². The highest BCUT2D eigenvalue weighted by Crippen LogP contribution is 2.20. The number of hydrogen-bond donors (Lipinski definition) is 2. The summed E-state index contributed by atoms with van der Waals surface area (Å²) in [6, 6.07) is 5.98. The molecular formula is C13H19N5. The van der Waals surface area contributed by atoms with Gasteiger partial charge < -0.3 is 16.0 Å². The molecule has 1 aliphatic heterocycles. The highest BCUT2D eigenvalue weighted by atomic mass is 15.1. The van der Waals surface area contributed by atoms with Gasteiger partial charge >= 0.3 is 0 Å². The predicted molar refractivity (Wildman–Crippen MR) is 72.1 cm³/mol. The Bertz CT molecular complexity index is 465. The van der Waals surface area contributed by atoms with E-state index in [-0.39, 0.29) is 0 Å². The van der Waals surface area contributed by atoms with Gasteiger partial charge in [-0.25, -0.2) is 4.98 Å². The fourth-order valence-electron chi connectivity index (χ4n) is 2.40. The van der Waals surface area contributed by atoms with Crippen molar-refractivity contribution in [3.63, 3.8) is 0 Å². The minimum Gasteiger partial charge on any atom is -0.396 e. The van der Waals surface area contributed by atoms with E-state index < -0.39 is 0 Å². The van der Waals surface area contributed by atoms with Gasteiger partial charge in [0.2, 0.25) is 0 Å². The van der Waals surface area contributed by atoms with Crippen LogP contribution in [0.3, 0.4) is 0 Å². The molecule has 0 amide bonds. The highest BCUT2D eigenvalue weighted by Gasteiger charge is 2.24. The van der Waals surface area contributed by atoms with Crippen molar-refractivity contribution in [2.24, 2.45) is 5.92 Å². The summed E-state index contributed by atoms with van der Waals surface area (Å²) in [6.45, 7) is 4.40. The smallest absolute Gasteiger partial charge is 0.165 e. The summed E-state index contributed by atoms with van der Waals surface area (Å²) in [5, 5.41) is 12.3. The van der Waals surface area contributed by atoms with Gasteiger partial charge in [-0.05, 0) is 38.1 Å². The first kappa shape index (κ1) is 12.7. The van der Waals surface area contributed by atoms with Gasteiger partial charge in [-0.15, -0.1) is 0 Å². The van der Waals surface area contributed by atoms with Crippen LogP contribution in [-0.2, 0) is 0 Å². The Balaban J connectivity index is 2.08. The van der Waals surface area contributed by atoms with Crippen molar-refractivity contribution in [2.45, 2.75) is 19.4 Å². The fraction of sp³-hybridized carbons (Fsp3) is 0.538. The predicted octanol–water partition coefficient (Wildman–Crippen LogP) is 1.29. The van der Waals surface area contributed by atoms with Crippen LogP contribution in [0.5, 0.6) is 0 Å². The molecule has 5 heteroatoms. The molecule has 0 aliphatic carbocycles. The van der Waals surface area contributed by atoms with Crippen molar-refractivity contribution < 1.29 is 0 Å². The van der Waals surface area contributed by atoms with Crippen LogP contribution in [0.1, 0.15) is 19.0 Å². The van der Waals surface area contributed by atoms with Crippen molar-refractivity contribution in [1.82, 2.24) is 9.88 Å². The third-order valence-corrected chi connectivity index (χ3v) is 3.47. The third kappa shape index (κ3) is 2.71. The van der Waals surface area contributed by atoms with E-state index in [1.807, 2.05) is 12.1 Å². The first-order valence-corrected chi connectivity index (χ1v) is 6.22. The molecule has 1 saturated heterocycles. The van der Waals surface area contributed by atoms with Gasteiger partial charge in [0.15, 0.2) is 5.69 Å². The van der Waals surface area contributed by atoms with E-state index in [9.17, 15) is 0 Å². The highest BCUT2D eigenvalue weighted by molar-refractivity contribution is 5.54. The Kier molecular flexibility index (Phi) is 3.68. The third-order valence-electron chi connectivity index (χ3n) is 3.47. The molecule has 1 aliphatic rings. The lowest BCUT2D eigenvalue weighted by molar-refractivity contribution is 0.206. The molecule has 18 heavy (non-hydrogen) atoms. The van der Waals surface area contributed by atoms with Gasteiger partial charge in [0, 0.05) is 12.6 Å². The molecule has 3 N–H and O–H groups in total. The molecule has 1 fully saturated rings. The second-order valence-electron chi connectivity index (χ2n) is 5.03. The summed E-state index contributed by atoms with van der Waals surface area (Å²) in [5.74, 6) is 1.30. The molecule has 1 aromatic rings. The second kappa shape index (κ2) is 5.23. The Morgan fingerprint density at radius 1 is 1.56 bits per heavy atom. The largest absolute Gasteiger partial charge is 0.396 e. The minimum absolute atomic E-state index is 0.292. The molecule has 96 valence electrons. The molecular weight excluding hydrogens is 226 g/mol. The van der Waals surface area contributed by atoms with Gasteiger partial charge in [-0.2, -0.15) is 5.26 Å². The van der Waals surface area contributed by atoms with Crippen LogP contribution in [0.15, 0.2) is 12.1 Å². The number of nitrogen functional groups attached to an aromatic ring is 1. The molecule has 2 rings (SSSR count). The number of likely N-dealkylation sites (tertiary alicyclic amines) is 1. The molecule has 0 saturated carbocycles. The quantitative estimate of drug-likeness (QED) is 0.821. The van der Waals surface area contributed by atoms with E-state index in [0.29, 0.717) is 23.3 Å². The van der Waals surface area contributed by atoms with Crippen molar-refractivity contribution in [2.75, 3.05) is 31.2 Å². The van der Waals surface area contributed by atoms with Crippen LogP contribution in [0.25, 0.3) is 0 Å². The van der Waals surface area contributed by atoms with E-state index in [0.717, 1.165) is 25.3 Å². The van der Waals surface area contributed by atoms with E-state index in [1.165, 1.54) is 0 Å². The molecule has 5 nitrogen and oxygen atoms in total. The monoisotopic (exact) mass is 245 g/mol. The Morgan fingerprint density at radius 3 is 3.00 bits per heavy atom. The summed E-state index contributed by atoms with van der Waals surface area (Å²) in [6.07, 6.45) is 1.09. The van der Waals surface area contributed by atoms with Gasteiger partial charge in [-0.1, -0.05) is 6.92 Å². The maximum Gasteiger partial charge on any atom is 0.165 e. The van der Waals surface area contributed by atoms with E-state index in [4.69, 9.17) is 11.0 Å². The van der Waals surface area contributed by atoms with Gasteiger partial charge in [0.1, 0.15) is 11.9 Å². The van der Waals surface area contributed by atoms with Crippen molar-refractivity contribution in [1.29, 1.82) is 5.26 Å². The number of piperidine rings is 1. The van der Waals surface area contributed by atoms with Crippen molar-refractivity contribution >= 4 is 11.5 Å². The number of nitrogens with one attached hydrogen (secondary N) is 1. The first-order valence-electron chi connectivity index (χ1n) is 6.22. The van der Waals surface area contributed by atoms with Crippen LogP contribution in [-0.4, -0.2) is 36.1 Å². The summed E-state index contributed by atoms with van der Waals surface area (Å²) in [5.41, 5.74) is 6.38. The van der Waals surface area contributed by atoms with Crippen LogP contribution in [0.4, 0.5) is 11.5 Å². The first-order chi connectivity index (χ1) is 8.60. The van der Waals surface area contributed by atoms with Crippen LogP contribution in [0.2, 0.25) is 0 Å². The lowest BCUT2D eigenvalue weighted by Crippen LogP contribution is -2.43. The maximum absolute atomic E-state index is 8.91. The second-order valence-corrected chi connectivity index (χ2v) is 5.03. The molecule has 2 unspecified atom stereocenters. The number of aromatic nitrogens is 1. The van der Waals surface area contributed by atoms with Crippen LogP contribution >= 0.6 is 0 Å². The molecule has 0 spiro atoms. The number of hydrogen-bond acceptors (Lipinski definition) is 5. The number of nitrogens with two attached hydrogens (primary N) is 1. The zero-order chi connectivity index (χ0) is 13.1. The number of nitrogens with zero attached hydrogens (tertiary/aromatic N) is 3. The number of pyridine rings is 1. The molecule has 1 aromatic heterocycles. The number of rotatable bonds is 2. The molecule has 2 atom stereocenters. The number of nitriles is 1. The topological polar surface area (TPSA) is 78.0 Å². The van der Waals surface area contributed by atoms with Gasteiger partial charge in [0.05, 0.1) is 5.69 Å². The fourth-order valence-corrected chi connectivity index (χ4v) is 2.40. The van der Waals surface area contributed by atoms with E-state index in [1.54, 1.807) is 6.07 Å². The molecule has 0 radical (unpaired) electrons. The lowest BCUT2D eigenvalue weighted by atomic mass is 9.94. The SMILES string of the molecule is CC1CN(C)CCC1Nc1ccc(N)c(C#N)n1. The maximum atomic E-state index is 8.91. The van der Waals surface area contributed by atoms with Gasteiger partial charge in [0.25, 0.3) is 0 Å². The molecule has 0 bridgehead atoms. The summed E-state index contributed by atoms with van der Waals surface area (Å²) < 4.78 is 0.